The van der Waals surface area contributed by atoms with Gasteiger partial charge in [0.15, 0.2) is 0 Å². The predicted molar refractivity (Wildman–Crippen MR) is 121 cm³/mol. The van der Waals surface area contributed by atoms with Crippen LogP contribution in [-0.4, -0.2) is 26.7 Å². The summed E-state index contributed by atoms with van der Waals surface area (Å²) in [7, 11) is 0. The highest BCUT2D eigenvalue weighted by atomic mass is 16.2. The van der Waals surface area contributed by atoms with Gasteiger partial charge in [-0.25, -0.2) is 4.68 Å². The van der Waals surface area contributed by atoms with Crippen molar-refractivity contribution in [2.75, 3.05) is 5.32 Å². The van der Waals surface area contributed by atoms with E-state index in [1.54, 1.807) is 18.6 Å². The Labute approximate surface area is 183 Å². The van der Waals surface area contributed by atoms with Gasteiger partial charge in [-0.2, -0.15) is 5.10 Å². The minimum Gasteiger partial charge on any atom is -0.380 e. The smallest absolute Gasteiger partial charge is 0.272 e. The first-order valence-corrected chi connectivity index (χ1v) is 11.3. The molecule has 2 aliphatic carbocycles. The van der Waals surface area contributed by atoms with Crippen molar-refractivity contribution in [2.45, 2.75) is 66.1 Å². The van der Waals surface area contributed by atoms with Crippen molar-refractivity contribution < 1.29 is 4.79 Å². The topological polar surface area (TPSA) is 88.9 Å². The van der Waals surface area contributed by atoms with Gasteiger partial charge in [0.25, 0.3) is 5.56 Å². The number of hydrogen-bond donors (Lipinski definition) is 2. The summed E-state index contributed by atoms with van der Waals surface area (Å²) in [6.07, 6.45) is 8.79. The van der Waals surface area contributed by atoms with Crippen LogP contribution in [0.1, 0.15) is 51.2 Å². The monoisotopic (exact) mass is 423 g/mol. The first-order valence-electron chi connectivity index (χ1n) is 11.3. The minimum atomic E-state index is -0.244. The van der Waals surface area contributed by atoms with E-state index in [0.29, 0.717) is 35.4 Å². The average molecular weight is 424 g/mol. The first-order chi connectivity index (χ1) is 14.8. The molecule has 4 atom stereocenters. The number of hydrogen-bond acceptors (Lipinski definition) is 5. The molecule has 2 aromatic rings. The molecule has 2 bridgehead atoms. The van der Waals surface area contributed by atoms with Crippen LogP contribution in [0.2, 0.25) is 0 Å². The van der Waals surface area contributed by atoms with Crippen LogP contribution in [0.5, 0.6) is 0 Å². The van der Waals surface area contributed by atoms with Gasteiger partial charge in [0, 0.05) is 30.5 Å². The fourth-order valence-corrected chi connectivity index (χ4v) is 5.72. The summed E-state index contributed by atoms with van der Waals surface area (Å²) in [5.41, 5.74) is 2.53. The second-order valence-electron chi connectivity index (χ2n) is 9.83. The molecule has 4 rings (SSSR count). The fraction of sp³-hybridized carbons (Fsp3) is 0.583. The number of carbonyl (C=O) groups is 1. The summed E-state index contributed by atoms with van der Waals surface area (Å²) < 4.78 is 1.24. The number of nitrogens with one attached hydrogen (secondary N) is 2. The fourth-order valence-electron chi connectivity index (χ4n) is 5.72. The van der Waals surface area contributed by atoms with Crippen LogP contribution in [0.4, 0.5) is 5.69 Å². The van der Waals surface area contributed by atoms with Crippen LogP contribution in [0, 0.1) is 30.1 Å². The van der Waals surface area contributed by atoms with Crippen LogP contribution >= 0.6 is 0 Å². The Morgan fingerprint density at radius 1 is 1.26 bits per heavy atom. The first kappa shape index (κ1) is 21.5. The van der Waals surface area contributed by atoms with Crippen LogP contribution in [0.3, 0.4) is 0 Å². The largest absolute Gasteiger partial charge is 0.380 e. The molecule has 31 heavy (non-hydrogen) atoms. The quantitative estimate of drug-likeness (QED) is 0.745. The molecule has 166 valence electrons. The number of carbonyl (C=O) groups excluding carboxylic acids is 1. The highest BCUT2D eigenvalue weighted by Gasteiger charge is 2.51. The molecule has 2 aromatic heterocycles. The van der Waals surface area contributed by atoms with E-state index >= 15 is 0 Å². The number of anilines is 1. The molecule has 2 N–H and O–H groups in total. The number of nitrogens with zero attached hydrogens (tertiary/aromatic N) is 3. The number of fused-ring (bicyclic) bond motifs is 2. The Hall–Kier alpha value is -2.70. The van der Waals surface area contributed by atoms with E-state index in [0.717, 1.165) is 23.6 Å². The van der Waals surface area contributed by atoms with Gasteiger partial charge >= 0.3 is 0 Å². The summed E-state index contributed by atoms with van der Waals surface area (Å²) in [5.74, 6) is 1.74. The van der Waals surface area contributed by atoms with Gasteiger partial charge in [-0.1, -0.05) is 20.8 Å². The van der Waals surface area contributed by atoms with E-state index in [9.17, 15) is 9.59 Å². The number of pyridine rings is 1. The zero-order valence-corrected chi connectivity index (χ0v) is 18.9. The molecule has 0 radical (unpaired) electrons. The van der Waals surface area contributed by atoms with E-state index in [1.165, 1.54) is 17.5 Å². The summed E-state index contributed by atoms with van der Waals surface area (Å²) in [5, 5.41) is 10.7. The van der Waals surface area contributed by atoms with E-state index in [2.05, 4.69) is 41.5 Å². The maximum absolute atomic E-state index is 12.8. The molecule has 0 saturated heterocycles. The SMILES string of the molecule is Cc1c(N[C@@H]2C[C@@H]3CC[C@H]([C@H]2C)C3(C)C)cnn(CC(=O)NCc2ccncc2)c1=O. The van der Waals surface area contributed by atoms with Gasteiger partial charge in [0.2, 0.25) is 5.91 Å². The van der Waals surface area contributed by atoms with Crippen molar-refractivity contribution in [1.82, 2.24) is 20.1 Å². The lowest BCUT2D eigenvalue weighted by Gasteiger charge is -2.46. The van der Waals surface area contributed by atoms with E-state index in [-0.39, 0.29) is 18.0 Å². The van der Waals surface area contributed by atoms with E-state index < -0.39 is 0 Å². The third-order valence-electron chi connectivity index (χ3n) is 7.80. The maximum Gasteiger partial charge on any atom is 0.272 e. The summed E-state index contributed by atoms with van der Waals surface area (Å²) in [6.45, 7) is 9.27. The number of rotatable bonds is 6. The highest BCUT2D eigenvalue weighted by Crippen LogP contribution is 2.57. The Morgan fingerprint density at radius 3 is 2.74 bits per heavy atom. The van der Waals surface area contributed by atoms with Gasteiger partial charge in [0.05, 0.1) is 11.9 Å². The molecule has 2 fully saturated rings. The van der Waals surface area contributed by atoms with Crippen molar-refractivity contribution in [3.05, 3.63) is 52.2 Å². The van der Waals surface area contributed by atoms with Gasteiger partial charge in [0.1, 0.15) is 6.54 Å². The van der Waals surface area contributed by atoms with Gasteiger partial charge in [-0.05, 0) is 67.1 Å². The van der Waals surface area contributed by atoms with Crippen LogP contribution in [0.15, 0.2) is 35.5 Å². The van der Waals surface area contributed by atoms with Gasteiger partial charge in [-0.3, -0.25) is 14.6 Å². The van der Waals surface area contributed by atoms with Crippen molar-refractivity contribution >= 4 is 11.6 Å². The Kier molecular flexibility index (Phi) is 5.86. The third kappa shape index (κ3) is 4.23. The molecule has 0 unspecified atom stereocenters. The zero-order chi connectivity index (χ0) is 22.2. The number of aromatic nitrogens is 3. The summed E-state index contributed by atoms with van der Waals surface area (Å²) in [6, 6.07) is 4.04. The molecule has 0 aliphatic heterocycles. The van der Waals surface area contributed by atoms with Gasteiger partial charge < -0.3 is 10.6 Å². The highest BCUT2D eigenvalue weighted by molar-refractivity contribution is 5.75. The lowest BCUT2D eigenvalue weighted by molar-refractivity contribution is -0.122. The zero-order valence-electron chi connectivity index (χ0n) is 18.9. The molecular formula is C24H33N5O2. The van der Waals surface area contributed by atoms with Crippen LogP contribution in [-0.2, 0) is 17.9 Å². The molecule has 2 heterocycles. The average Bonchev–Trinajstić information content (AvgIpc) is 2.93. The molecule has 7 nitrogen and oxygen atoms in total. The van der Waals surface area contributed by atoms with Crippen molar-refractivity contribution in [3.63, 3.8) is 0 Å². The van der Waals surface area contributed by atoms with Crippen molar-refractivity contribution in [3.8, 4) is 0 Å². The number of amides is 1. The molecule has 2 aliphatic rings. The molecule has 0 aromatic carbocycles. The standard InChI is InChI=1S/C24H33N5O2/c1-15-19-6-5-18(24(19,3)4)11-20(15)28-21-13-27-29(23(31)16(21)2)14-22(30)26-12-17-7-9-25-10-8-17/h7-10,13,15,18-20,28H,5-6,11-12,14H2,1-4H3,(H,26,30)/t15-,18+,19-,20-/m1/s1. The Morgan fingerprint density at radius 2 is 2.00 bits per heavy atom. The molecule has 7 heteroatoms. The molecule has 0 spiro atoms. The predicted octanol–water partition coefficient (Wildman–Crippen LogP) is 3.14. The maximum atomic E-state index is 12.8. The molecule has 2 saturated carbocycles. The summed E-state index contributed by atoms with van der Waals surface area (Å²) in [4.78, 5) is 29.1. The van der Waals surface area contributed by atoms with Crippen LogP contribution in [0.25, 0.3) is 0 Å². The van der Waals surface area contributed by atoms with E-state index in [1.807, 2.05) is 19.1 Å². The van der Waals surface area contributed by atoms with E-state index in [4.69, 9.17) is 0 Å². The second kappa shape index (κ2) is 8.44. The van der Waals surface area contributed by atoms with Crippen molar-refractivity contribution in [2.24, 2.45) is 23.2 Å². The normalized spacial score (nSPS) is 26.5. The van der Waals surface area contributed by atoms with Crippen molar-refractivity contribution in [1.29, 1.82) is 0 Å². The van der Waals surface area contributed by atoms with Gasteiger partial charge in [-0.15, -0.1) is 0 Å². The van der Waals surface area contributed by atoms with Crippen LogP contribution < -0.4 is 16.2 Å². The lowest BCUT2D eigenvalue weighted by Crippen LogP contribution is -2.45. The minimum absolute atomic E-state index is 0.0940. The Bertz CT molecular complexity index is 1000. The second-order valence-corrected chi connectivity index (χ2v) is 9.83. The Balaban J connectivity index is 1.41. The molecule has 1 amide bonds. The summed E-state index contributed by atoms with van der Waals surface area (Å²) >= 11 is 0. The lowest BCUT2D eigenvalue weighted by atomic mass is 9.62. The third-order valence-corrected chi connectivity index (χ3v) is 7.80. The molecular weight excluding hydrogens is 390 g/mol.